The Morgan fingerprint density at radius 1 is 1.44 bits per heavy atom. The van der Waals surface area contributed by atoms with E-state index in [0.29, 0.717) is 21.1 Å². The van der Waals surface area contributed by atoms with Crippen LogP contribution in [0.15, 0.2) is 45.4 Å². The van der Waals surface area contributed by atoms with Gasteiger partial charge in [0.15, 0.2) is 0 Å². The maximum Gasteiger partial charge on any atom is 0.411 e. The standard InChI is InChI=1S/C17H14BrClF4N2O2/c1-26-15(10-6-25-16-9(10)4-8(18)5-24-16)13-11(19)2-3-12(14(13)20)27-7-17(21,22)23/h2,4-6,12,15H,3,7H2,1H3,(H,24,25). The fourth-order valence-corrected chi connectivity index (χ4v) is 3.52. The van der Waals surface area contributed by atoms with E-state index >= 15 is 0 Å². The number of halogens is 6. The van der Waals surface area contributed by atoms with Crippen molar-refractivity contribution < 1.29 is 27.0 Å². The zero-order chi connectivity index (χ0) is 19.8. The Hall–Kier alpha value is -1.42. The number of rotatable bonds is 5. The van der Waals surface area contributed by atoms with E-state index in [1.165, 1.54) is 13.2 Å². The van der Waals surface area contributed by atoms with Crippen molar-refractivity contribution in [3.63, 3.8) is 0 Å². The summed E-state index contributed by atoms with van der Waals surface area (Å²) < 4.78 is 63.1. The van der Waals surface area contributed by atoms with Crippen LogP contribution in [-0.2, 0) is 9.47 Å². The van der Waals surface area contributed by atoms with Gasteiger partial charge in [-0.1, -0.05) is 17.7 Å². The fourth-order valence-electron chi connectivity index (χ4n) is 2.91. The van der Waals surface area contributed by atoms with Crippen LogP contribution in [0.1, 0.15) is 18.1 Å². The van der Waals surface area contributed by atoms with Gasteiger partial charge in [0.2, 0.25) is 0 Å². The van der Waals surface area contributed by atoms with Crippen LogP contribution < -0.4 is 0 Å². The van der Waals surface area contributed by atoms with Gasteiger partial charge >= 0.3 is 6.18 Å². The number of methoxy groups -OCH3 is 1. The maximum atomic E-state index is 15.0. The number of alkyl halides is 3. The quantitative estimate of drug-likeness (QED) is 0.571. The third-order valence-corrected chi connectivity index (χ3v) is 4.86. The molecule has 0 saturated heterocycles. The molecule has 2 unspecified atom stereocenters. The predicted octanol–water partition coefficient (Wildman–Crippen LogP) is 5.71. The van der Waals surface area contributed by atoms with Gasteiger partial charge in [0.1, 0.15) is 30.3 Å². The molecule has 2 atom stereocenters. The van der Waals surface area contributed by atoms with E-state index in [4.69, 9.17) is 21.1 Å². The van der Waals surface area contributed by atoms with Crippen molar-refractivity contribution in [2.45, 2.75) is 24.8 Å². The highest BCUT2D eigenvalue weighted by Gasteiger charge is 2.35. The van der Waals surface area contributed by atoms with Gasteiger partial charge in [-0.05, 0) is 28.4 Å². The molecule has 0 amide bonds. The van der Waals surface area contributed by atoms with E-state index in [9.17, 15) is 17.6 Å². The van der Waals surface area contributed by atoms with Crippen LogP contribution in [0.25, 0.3) is 11.0 Å². The molecule has 2 aromatic heterocycles. The molecule has 10 heteroatoms. The second kappa shape index (κ2) is 7.90. The third-order valence-electron chi connectivity index (χ3n) is 4.07. The molecule has 0 spiro atoms. The van der Waals surface area contributed by atoms with E-state index in [-0.39, 0.29) is 17.0 Å². The van der Waals surface area contributed by atoms with Crippen molar-refractivity contribution in [3.8, 4) is 0 Å². The molecule has 146 valence electrons. The van der Waals surface area contributed by atoms with Gasteiger partial charge in [0, 0.05) is 45.5 Å². The molecule has 27 heavy (non-hydrogen) atoms. The van der Waals surface area contributed by atoms with Crippen molar-refractivity contribution in [2.24, 2.45) is 0 Å². The minimum atomic E-state index is -4.55. The maximum absolute atomic E-state index is 15.0. The Morgan fingerprint density at radius 3 is 2.85 bits per heavy atom. The van der Waals surface area contributed by atoms with Gasteiger partial charge in [0.05, 0.1) is 0 Å². The average molecular weight is 470 g/mol. The Bertz CT molecular complexity index is 910. The van der Waals surface area contributed by atoms with Gasteiger partial charge in [-0.2, -0.15) is 13.2 Å². The van der Waals surface area contributed by atoms with Crippen LogP contribution in [-0.4, -0.2) is 36.0 Å². The van der Waals surface area contributed by atoms with Crippen LogP contribution >= 0.6 is 27.5 Å². The lowest BCUT2D eigenvalue weighted by molar-refractivity contribution is -0.183. The zero-order valence-electron chi connectivity index (χ0n) is 13.9. The smallest absolute Gasteiger partial charge is 0.372 e. The molecule has 0 aromatic carbocycles. The van der Waals surface area contributed by atoms with Crippen LogP contribution in [0, 0.1) is 0 Å². The Kier molecular flexibility index (Phi) is 5.95. The number of fused-ring (bicyclic) bond motifs is 1. The van der Waals surface area contributed by atoms with Gasteiger partial charge in [-0.15, -0.1) is 0 Å². The van der Waals surface area contributed by atoms with Gasteiger partial charge < -0.3 is 14.5 Å². The SMILES string of the molecule is COC(C1=C(F)C(OCC(F)(F)F)CC=C1Cl)c1c[nH]c2ncc(Br)cc12. The van der Waals surface area contributed by atoms with Crippen LogP contribution in [0.4, 0.5) is 17.6 Å². The van der Waals surface area contributed by atoms with Crippen molar-refractivity contribution in [3.05, 3.63) is 51.0 Å². The summed E-state index contributed by atoms with van der Waals surface area (Å²) in [6.45, 7) is -1.55. The molecule has 4 nitrogen and oxygen atoms in total. The number of hydrogen-bond acceptors (Lipinski definition) is 3. The lowest BCUT2D eigenvalue weighted by atomic mass is 9.94. The molecule has 0 aliphatic heterocycles. The van der Waals surface area contributed by atoms with Crippen molar-refractivity contribution in [1.82, 2.24) is 9.97 Å². The molecule has 2 aromatic rings. The van der Waals surface area contributed by atoms with Crippen LogP contribution in [0.2, 0.25) is 0 Å². The van der Waals surface area contributed by atoms with Crippen molar-refractivity contribution in [2.75, 3.05) is 13.7 Å². The van der Waals surface area contributed by atoms with Gasteiger partial charge in [0.25, 0.3) is 0 Å². The number of aromatic amines is 1. The molecule has 1 N–H and O–H groups in total. The molecule has 0 saturated carbocycles. The fraction of sp³-hybridized carbons (Fsp3) is 0.353. The summed E-state index contributed by atoms with van der Waals surface area (Å²) in [5, 5.41) is 0.739. The average Bonchev–Trinajstić information content (AvgIpc) is 3.00. The minimum absolute atomic E-state index is 0.0570. The molecule has 0 bridgehead atoms. The Morgan fingerprint density at radius 2 is 2.19 bits per heavy atom. The summed E-state index contributed by atoms with van der Waals surface area (Å²) in [7, 11) is 1.36. The predicted molar refractivity (Wildman–Crippen MR) is 96.0 cm³/mol. The van der Waals surface area contributed by atoms with Crippen LogP contribution in [0.5, 0.6) is 0 Å². The number of nitrogens with zero attached hydrogens (tertiary/aromatic N) is 1. The van der Waals surface area contributed by atoms with E-state index in [0.717, 1.165) is 0 Å². The second-order valence-electron chi connectivity index (χ2n) is 5.87. The first kappa shape index (κ1) is 20.3. The molecule has 1 aliphatic carbocycles. The lowest BCUT2D eigenvalue weighted by Crippen LogP contribution is -2.26. The summed E-state index contributed by atoms with van der Waals surface area (Å²) in [6.07, 6.45) is -2.35. The largest absolute Gasteiger partial charge is 0.411 e. The summed E-state index contributed by atoms with van der Waals surface area (Å²) in [5.41, 5.74) is 1.05. The number of hydrogen-bond donors (Lipinski definition) is 1. The summed E-state index contributed by atoms with van der Waals surface area (Å²) >= 11 is 9.50. The number of pyridine rings is 1. The van der Waals surface area contributed by atoms with Crippen LogP contribution in [0.3, 0.4) is 0 Å². The molecule has 0 radical (unpaired) electrons. The molecule has 3 rings (SSSR count). The number of ether oxygens (including phenoxy) is 2. The van der Waals surface area contributed by atoms with Gasteiger partial charge in [-0.3, -0.25) is 0 Å². The molecule has 1 aliphatic rings. The topological polar surface area (TPSA) is 47.1 Å². The first-order valence-electron chi connectivity index (χ1n) is 7.80. The van der Waals surface area contributed by atoms with Gasteiger partial charge in [-0.25, -0.2) is 9.37 Å². The third kappa shape index (κ3) is 4.37. The summed E-state index contributed by atoms with van der Waals surface area (Å²) in [5.74, 6) is -0.879. The van der Waals surface area contributed by atoms with E-state index in [1.54, 1.807) is 18.5 Å². The Balaban J connectivity index is 2.00. The van der Waals surface area contributed by atoms with E-state index < -0.39 is 30.8 Å². The number of aromatic nitrogens is 2. The highest BCUT2D eigenvalue weighted by molar-refractivity contribution is 9.10. The highest BCUT2D eigenvalue weighted by Crippen LogP contribution is 2.42. The molecular weight excluding hydrogens is 456 g/mol. The normalized spacial score (nSPS) is 19.5. The van der Waals surface area contributed by atoms with E-state index in [2.05, 4.69) is 25.9 Å². The summed E-state index contributed by atoms with van der Waals surface area (Å²) in [6, 6.07) is 1.77. The highest BCUT2D eigenvalue weighted by atomic mass is 79.9. The number of H-pyrrole nitrogens is 1. The first-order chi connectivity index (χ1) is 12.7. The first-order valence-corrected chi connectivity index (χ1v) is 8.97. The number of nitrogens with one attached hydrogen (secondary N) is 1. The molecular formula is C17H14BrClF4N2O2. The van der Waals surface area contributed by atoms with Crippen molar-refractivity contribution in [1.29, 1.82) is 0 Å². The second-order valence-corrected chi connectivity index (χ2v) is 7.20. The Labute approximate surface area is 165 Å². The van der Waals surface area contributed by atoms with Crippen molar-refractivity contribution >= 4 is 38.6 Å². The molecule has 2 heterocycles. The van der Waals surface area contributed by atoms with E-state index in [1.807, 2.05) is 0 Å². The monoisotopic (exact) mass is 468 g/mol. The summed E-state index contributed by atoms with van der Waals surface area (Å²) in [4.78, 5) is 7.16. The molecule has 0 fully saturated rings. The minimum Gasteiger partial charge on any atom is -0.372 e. The zero-order valence-corrected chi connectivity index (χ0v) is 16.3. The lowest BCUT2D eigenvalue weighted by Gasteiger charge is -2.27.